The number of hydrogen-bond acceptors (Lipinski definition) is 3. The molecule has 0 unspecified atom stereocenters. The highest BCUT2D eigenvalue weighted by Crippen LogP contribution is 2.50. The van der Waals surface area contributed by atoms with Gasteiger partial charge in [-0.3, -0.25) is 4.79 Å². The van der Waals surface area contributed by atoms with Crippen LogP contribution in [0.1, 0.15) is 31.0 Å². The summed E-state index contributed by atoms with van der Waals surface area (Å²) in [5, 5.41) is 1.89. The van der Waals surface area contributed by atoms with Crippen molar-refractivity contribution in [1.82, 2.24) is 4.98 Å². The van der Waals surface area contributed by atoms with Gasteiger partial charge < -0.3 is 9.72 Å². The summed E-state index contributed by atoms with van der Waals surface area (Å²) in [6.45, 7) is 4.35. The van der Waals surface area contributed by atoms with Gasteiger partial charge in [-0.25, -0.2) is 0 Å². The standard InChI is InChI=1S/C21H20ClNO2S/c1-3-25-20(24)21(9-10-21)14-5-4-6-16(11-14)26-19-13(2)23-18-12-15(22)7-8-17(18)19/h4-8,11-12,23H,3,9-10H2,1-2H3. The lowest BCUT2D eigenvalue weighted by Crippen LogP contribution is -2.23. The summed E-state index contributed by atoms with van der Waals surface area (Å²) in [6, 6.07) is 14.2. The molecule has 1 heterocycles. The van der Waals surface area contributed by atoms with E-state index in [4.69, 9.17) is 16.3 Å². The number of carbonyl (C=O) groups is 1. The van der Waals surface area contributed by atoms with E-state index in [1.165, 1.54) is 4.90 Å². The Kier molecular flexibility index (Phi) is 4.49. The third kappa shape index (κ3) is 3.01. The van der Waals surface area contributed by atoms with Gasteiger partial charge in [0.25, 0.3) is 0 Å². The van der Waals surface area contributed by atoms with E-state index in [0.717, 1.165) is 44.9 Å². The quantitative estimate of drug-likeness (QED) is 0.558. The third-order valence-electron chi connectivity index (χ3n) is 4.91. The van der Waals surface area contributed by atoms with Crippen molar-refractivity contribution >= 4 is 40.2 Å². The summed E-state index contributed by atoms with van der Waals surface area (Å²) in [7, 11) is 0. The van der Waals surface area contributed by atoms with E-state index < -0.39 is 5.41 Å². The number of aryl methyl sites for hydroxylation is 1. The van der Waals surface area contributed by atoms with Crippen molar-refractivity contribution in [2.75, 3.05) is 6.61 Å². The Morgan fingerprint density at radius 1 is 1.27 bits per heavy atom. The molecule has 4 rings (SSSR count). The van der Waals surface area contributed by atoms with E-state index in [1.54, 1.807) is 11.8 Å². The summed E-state index contributed by atoms with van der Waals surface area (Å²) in [4.78, 5) is 18.1. The predicted octanol–water partition coefficient (Wildman–Crippen LogP) is 5.88. The highest BCUT2D eigenvalue weighted by Gasteiger charge is 2.52. The van der Waals surface area contributed by atoms with Crippen molar-refractivity contribution in [1.29, 1.82) is 0 Å². The van der Waals surface area contributed by atoms with Crippen molar-refractivity contribution in [3.63, 3.8) is 0 Å². The molecule has 0 spiro atoms. The van der Waals surface area contributed by atoms with Gasteiger partial charge in [-0.1, -0.05) is 41.6 Å². The first-order chi connectivity index (χ1) is 12.5. The first-order valence-electron chi connectivity index (χ1n) is 8.77. The van der Waals surface area contributed by atoms with Crippen LogP contribution in [0.2, 0.25) is 5.02 Å². The Bertz CT molecular complexity index is 991. The Hall–Kier alpha value is -1.91. The smallest absolute Gasteiger partial charge is 0.316 e. The van der Waals surface area contributed by atoms with Gasteiger partial charge in [-0.05, 0) is 56.5 Å². The topological polar surface area (TPSA) is 42.1 Å². The molecular weight excluding hydrogens is 366 g/mol. The zero-order chi connectivity index (χ0) is 18.3. The average molecular weight is 386 g/mol. The van der Waals surface area contributed by atoms with Crippen LogP contribution < -0.4 is 0 Å². The molecule has 0 aliphatic heterocycles. The molecule has 26 heavy (non-hydrogen) atoms. The molecule has 5 heteroatoms. The van der Waals surface area contributed by atoms with Gasteiger partial charge in [-0.15, -0.1) is 0 Å². The molecule has 3 aromatic rings. The van der Waals surface area contributed by atoms with Gasteiger partial charge in [0.2, 0.25) is 0 Å². The van der Waals surface area contributed by atoms with Crippen molar-refractivity contribution in [3.8, 4) is 0 Å². The largest absolute Gasteiger partial charge is 0.465 e. The average Bonchev–Trinajstić information content (AvgIpc) is 3.37. The van der Waals surface area contributed by atoms with Crippen LogP contribution in [0.5, 0.6) is 0 Å². The molecule has 1 aliphatic carbocycles. The Labute approximate surface area is 162 Å². The first-order valence-corrected chi connectivity index (χ1v) is 9.96. The summed E-state index contributed by atoms with van der Waals surface area (Å²) in [5.41, 5.74) is 2.78. The van der Waals surface area contributed by atoms with Gasteiger partial charge in [0.15, 0.2) is 0 Å². The maximum absolute atomic E-state index is 12.4. The summed E-state index contributed by atoms with van der Waals surface area (Å²) in [6.07, 6.45) is 1.73. The van der Waals surface area contributed by atoms with Crippen LogP contribution in [0.25, 0.3) is 10.9 Å². The fourth-order valence-corrected chi connectivity index (χ4v) is 4.62. The number of ether oxygens (including phenoxy) is 1. The maximum atomic E-state index is 12.4. The highest BCUT2D eigenvalue weighted by molar-refractivity contribution is 7.99. The number of hydrogen-bond donors (Lipinski definition) is 1. The minimum absolute atomic E-state index is 0.0972. The van der Waals surface area contributed by atoms with Crippen LogP contribution in [-0.4, -0.2) is 17.6 Å². The number of nitrogens with one attached hydrogen (secondary N) is 1. The monoisotopic (exact) mass is 385 g/mol. The van der Waals surface area contributed by atoms with Crippen LogP contribution in [0.4, 0.5) is 0 Å². The lowest BCUT2D eigenvalue weighted by molar-refractivity contribution is -0.146. The van der Waals surface area contributed by atoms with Crippen molar-refractivity contribution < 1.29 is 9.53 Å². The van der Waals surface area contributed by atoms with Gasteiger partial charge >= 0.3 is 5.97 Å². The lowest BCUT2D eigenvalue weighted by Gasteiger charge is -2.15. The molecule has 1 N–H and O–H groups in total. The zero-order valence-corrected chi connectivity index (χ0v) is 16.3. The molecule has 2 aromatic carbocycles. The van der Waals surface area contributed by atoms with Crippen LogP contribution in [0.15, 0.2) is 52.3 Å². The predicted molar refractivity (Wildman–Crippen MR) is 106 cm³/mol. The molecule has 0 radical (unpaired) electrons. The lowest BCUT2D eigenvalue weighted by atomic mass is 9.96. The van der Waals surface area contributed by atoms with Crippen LogP contribution in [0.3, 0.4) is 0 Å². The van der Waals surface area contributed by atoms with E-state index in [9.17, 15) is 4.79 Å². The molecule has 3 nitrogen and oxygen atoms in total. The molecular formula is C21H20ClNO2S. The second-order valence-electron chi connectivity index (χ2n) is 6.70. The highest BCUT2D eigenvalue weighted by atomic mass is 35.5. The minimum Gasteiger partial charge on any atom is -0.465 e. The first kappa shape index (κ1) is 17.5. The Morgan fingerprint density at radius 3 is 2.81 bits per heavy atom. The summed E-state index contributed by atoms with van der Waals surface area (Å²) in [5.74, 6) is -0.0972. The van der Waals surface area contributed by atoms with Gasteiger partial charge in [-0.2, -0.15) is 0 Å². The molecule has 1 fully saturated rings. The fraction of sp³-hybridized carbons (Fsp3) is 0.286. The zero-order valence-electron chi connectivity index (χ0n) is 14.8. The molecule has 0 amide bonds. The van der Waals surface area contributed by atoms with Crippen LogP contribution in [0, 0.1) is 6.92 Å². The van der Waals surface area contributed by atoms with E-state index in [2.05, 4.69) is 24.0 Å². The van der Waals surface area contributed by atoms with Crippen molar-refractivity contribution in [3.05, 3.63) is 58.7 Å². The number of carbonyl (C=O) groups excluding carboxylic acids is 1. The molecule has 1 aliphatic rings. The van der Waals surface area contributed by atoms with E-state index >= 15 is 0 Å². The Balaban J connectivity index is 1.67. The van der Waals surface area contributed by atoms with Crippen molar-refractivity contribution in [2.24, 2.45) is 0 Å². The number of benzene rings is 2. The maximum Gasteiger partial charge on any atom is 0.316 e. The van der Waals surface area contributed by atoms with Gasteiger partial charge in [0.05, 0.1) is 12.0 Å². The van der Waals surface area contributed by atoms with Crippen LogP contribution >= 0.6 is 23.4 Å². The van der Waals surface area contributed by atoms with Gasteiger partial charge in [0, 0.05) is 31.4 Å². The normalized spacial score (nSPS) is 15.2. The molecule has 134 valence electrons. The number of esters is 1. The van der Waals surface area contributed by atoms with Crippen molar-refractivity contribution in [2.45, 2.75) is 41.9 Å². The SMILES string of the molecule is CCOC(=O)C1(c2cccc(Sc3c(C)[nH]c4cc(Cl)ccc34)c2)CC1. The number of halogens is 1. The number of aromatic nitrogens is 1. The molecule has 0 atom stereocenters. The second kappa shape index (κ2) is 6.67. The summed E-state index contributed by atoms with van der Waals surface area (Å²) < 4.78 is 5.29. The van der Waals surface area contributed by atoms with E-state index in [0.29, 0.717) is 6.61 Å². The fourth-order valence-electron chi connectivity index (χ4n) is 3.39. The second-order valence-corrected chi connectivity index (χ2v) is 8.22. The number of rotatable bonds is 5. The number of aromatic amines is 1. The third-order valence-corrected chi connectivity index (χ3v) is 6.37. The molecule has 0 saturated heterocycles. The molecule has 0 bridgehead atoms. The van der Waals surface area contributed by atoms with Gasteiger partial charge in [0.1, 0.15) is 0 Å². The van der Waals surface area contributed by atoms with E-state index in [1.807, 2.05) is 37.3 Å². The Morgan fingerprint density at radius 2 is 2.08 bits per heavy atom. The molecule has 1 aromatic heterocycles. The van der Waals surface area contributed by atoms with Crippen LogP contribution in [-0.2, 0) is 14.9 Å². The number of H-pyrrole nitrogens is 1. The summed E-state index contributed by atoms with van der Waals surface area (Å²) >= 11 is 7.82. The minimum atomic E-state index is -0.435. The van der Waals surface area contributed by atoms with E-state index in [-0.39, 0.29) is 5.97 Å². The molecule has 1 saturated carbocycles. The number of fused-ring (bicyclic) bond motifs is 1.